The molecule has 1 atom stereocenters. The van der Waals surface area contributed by atoms with E-state index >= 15 is 0 Å². The predicted octanol–water partition coefficient (Wildman–Crippen LogP) is 2.12. The van der Waals surface area contributed by atoms with E-state index in [-0.39, 0.29) is 0 Å². The normalized spacial score (nSPS) is 11.8. The molecule has 1 aromatic heterocycles. The second-order valence-electron chi connectivity index (χ2n) is 3.03. The number of hydrogen-bond acceptors (Lipinski definition) is 4. The molecule has 3 nitrogen and oxygen atoms in total. The number of thioether (sulfide) groups is 1. The fraction of sp³-hybridized carbons (Fsp3) is 0.400. The molecule has 74 valence electrons. The van der Waals surface area contributed by atoms with Crippen LogP contribution >= 0.6 is 11.8 Å². The van der Waals surface area contributed by atoms with Gasteiger partial charge in [0.05, 0.1) is 11.3 Å². The Kier molecular flexibility index (Phi) is 4.27. The van der Waals surface area contributed by atoms with E-state index in [0.29, 0.717) is 11.6 Å². The van der Waals surface area contributed by atoms with Gasteiger partial charge in [0.2, 0.25) is 0 Å². The van der Waals surface area contributed by atoms with Crippen molar-refractivity contribution < 1.29 is 0 Å². The molecule has 0 aliphatic rings. The Bertz CT molecular complexity index is 332. The van der Waals surface area contributed by atoms with Gasteiger partial charge in [-0.05, 0) is 19.2 Å². The maximum Gasteiger partial charge on any atom is 0.103 e. The molecule has 0 aliphatic heterocycles. The van der Waals surface area contributed by atoms with Crippen molar-refractivity contribution in [3.8, 4) is 6.07 Å². The number of aromatic nitrogens is 1. The summed E-state index contributed by atoms with van der Waals surface area (Å²) in [5.74, 6) is 1.02. The van der Waals surface area contributed by atoms with Crippen LogP contribution in [0, 0.1) is 11.3 Å². The average molecular weight is 207 g/mol. The summed E-state index contributed by atoms with van der Waals surface area (Å²) in [4.78, 5) is 3.90. The van der Waals surface area contributed by atoms with Gasteiger partial charge in [0, 0.05) is 24.2 Å². The highest BCUT2D eigenvalue weighted by atomic mass is 32.2. The lowest BCUT2D eigenvalue weighted by Crippen LogP contribution is -2.18. The zero-order chi connectivity index (χ0) is 10.4. The second kappa shape index (κ2) is 5.51. The van der Waals surface area contributed by atoms with Crippen LogP contribution in [0.25, 0.3) is 0 Å². The molecule has 0 aromatic carbocycles. The third kappa shape index (κ3) is 2.93. The second-order valence-corrected chi connectivity index (χ2v) is 3.94. The minimum Gasteiger partial charge on any atom is -0.381 e. The quantitative estimate of drug-likeness (QED) is 0.821. The first-order chi connectivity index (χ1) is 6.77. The van der Waals surface area contributed by atoms with Crippen LogP contribution in [0.1, 0.15) is 12.5 Å². The van der Waals surface area contributed by atoms with E-state index < -0.39 is 0 Å². The third-order valence-electron chi connectivity index (χ3n) is 1.76. The van der Waals surface area contributed by atoms with Gasteiger partial charge in [0.15, 0.2) is 0 Å². The lowest BCUT2D eigenvalue weighted by atomic mass is 10.2. The first kappa shape index (κ1) is 10.9. The van der Waals surface area contributed by atoms with Crippen molar-refractivity contribution in [3.05, 3.63) is 24.0 Å². The maximum atomic E-state index is 8.83. The fourth-order valence-electron chi connectivity index (χ4n) is 1.17. The summed E-state index contributed by atoms with van der Waals surface area (Å²) in [5.41, 5.74) is 1.46. The van der Waals surface area contributed by atoms with Crippen molar-refractivity contribution >= 4 is 17.4 Å². The molecule has 0 saturated carbocycles. The SMILES string of the molecule is CSC[C@@H](C)Nc1ccncc1C#N. The van der Waals surface area contributed by atoms with Gasteiger partial charge in [-0.1, -0.05) is 0 Å². The molecule has 0 fully saturated rings. The lowest BCUT2D eigenvalue weighted by Gasteiger charge is -2.14. The Balaban J connectivity index is 2.71. The van der Waals surface area contributed by atoms with Gasteiger partial charge in [0.1, 0.15) is 6.07 Å². The van der Waals surface area contributed by atoms with Crippen LogP contribution in [0.2, 0.25) is 0 Å². The number of rotatable bonds is 4. The molecule has 14 heavy (non-hydrogen) atoms. The Labute approximate surface area is 88.5 Å². The topological polar surface area (TPSA) is 48.7 Å². The van der Waals surface area contributed by atoms with E-state index in [0.717, 1.165) is 11.4 Å². The van der Waals surface area contributed by atoms with Crippen molar-refractivity contribution in [1.29, 1.82) is 5.26 Å². The zero-order valence-corrected chi connectivity index (χ0v) is 9.14. The lowest BCUT2D eigenvalue weighted by molar-refractivity contribution is 0.912. The number of hydrogen-bond donors (Lipinski definition) is 1. The van der Waals surface area contributed by atoms with Crippen LogP contribution in [-0.2, 0) is 0 Å². The standard InChI is InChI=1S/C10H13N3S/c1-8(7-14-2)13-10-3-4-12-6-9(10)5-11/h3-4,6,8H,7H2,1-2H3,(H,12,13)/t8-/m1/s1. The minimum absolute atomic E-state index is 0.361. The summed E-state index contributed by atoms with van der Waals surface area (Å²) in [7, 11) is 0. The molecular formula is C10H13N3S. The molecule has 0 saturated heterocycles. The molecule has 0 amide bonds. The van der Waals surface area contributed by atoms with E-state index in [1.807, 2.05) is 6.07 Å². The van der Waals surface area contributed by atoms with E-state index in [1.54, 1.807) is 24.2 Å². The van der Waals surface area contributed by atoms with Gasteiger partial charge >= 0.3 is 0 Å². The molecule has 1 N–H and O–H groups in total. The van der Waals surface area contributed by atoms with Gasteiger partial charge in [-0.15, -0.1) is 0 Å². The van der Waals surface area contributed by atoms with Crippen molar-refractivity contribution in [3.63, 3.8) is 0 Å². The Morgan fingerprint density at radius 2 is 2.50 bits per heavy atom. The number of nitrogens with zero attached hydrogens (tertiary/aromatic N) is 2. The largest absolute Gasteiger partial charge is 0.381 e. The van der Waals surface area contributed by atoms with E-state index in [2.05, 4.69) is 29.5 Å². The summed E-state index contributed by atoms with van der Waals surface area (Å²) in [6, 6.07) is 4.30. The molecule has 0 aliphatic carbocycles. The molecule has 1 aromatic rings. The summed E-state index contributed by atoms with van der Waals surface area (Å²) in [6.07, 6.45) is 5.33. The number of nitrogens with one attached hydrogen (secondary N) is 1. The smallest absolute Gasteiger partial charge is 0.103 e. The zero-order valence-electron chi connectivity index (χ0n) is 8.32. The molecular weight excluding hydrogens is 194 g/mol. The molecule has 1 rings (SSSR count). The van der Waals surface area contributed by atoms with Crippen molar-refractivity contribution in [2.24, 2.45) is 0 Å². The Morgan fingerprint density at radius 3 is 3.14 bits per heavy atom. The number of nitriles is 1. The van der Waals surface area contributed by atoms with Crippen LogP contribution in [0.4, 0.5) is 5.69 Å². The van der Waals surface area contributed by atoms with Gasteiger partial charge in [0.25, 0.3) is 0 Å². The number of pyridine rings is 1. The molecule has 0 spiro atoms. The molecule has 0 radical (unpaired) electrons. The summed E-state index contributed by atoms with van der Waals surface area (Å²) in [5, 5.41) is 12.1. The Hall–Kier alpha value is -1.21. The van der Waals surface area contributed by atoms with E-state index in [1.165, 1.54) is 0 Å². The highest BCUT2D eigenvalue weighted by molar-refractivity contribution is 7.98. The Morgan fingerprint density at radius 1 is 1.71 bits per heavy atom. The first-order valence-electron chi connectivity index (χ1n) is 4.37. The molecule has 0 unspecified atom stereocenters. The number of anilines is 1. The highest BCUT2D eigenvalue weighted by Gasteiger charge is 2.04. The monoisotopic (exact) mass is 207 g/mol. The maximum absolute atomic E-state index is 8.83. The van der Waals surface area contributed by atoms with Crippen LogP contribution in [0.5, 0.6) is 0 Å². The summed E-state index contributed by atoms with van der Waals surface area (Å²) in [6.45, 7) is 2.10. The van der Waals surface area contributed by atoms with Crippen molar-refractivity contribution in [2.45, 2.75) is 13.0 Å². The minimum atomic E-state index is 0.361. The van der Waals surface area contributed by atoms with Gasteiger partial charge < -0.3 is 5.32 Å². The van der Waals surface area contributed by atoms with Crippen LogP contribution in [-0.4, -0.2) is 23.0 Å². The van der Waals surface area contributed by atoms with E-state index in [4.69, 9.17) is 5.26 Å². The predicted molar refractivity (Wildman–Crippen MR) is 60.4 cm³/mol. The highest BCUT2D eigenvalue weighted by Crippen LogP contribution is 2.14. The van der Waals surface area contributed by atoms with Crippen LogP contribution < -0.4 is 5.32 Å². The van der Waals surface area contributed by atoms with Gasteiger partial charge in [-0.2, -0.15) is 17.0 Å². The molecule has 4 heteroatoms. The van der Waals surface area contributed by atoms with Gasteiger partial charge in [-0.3, -0.25) is 4.98 Å². The summed E-state index contributed by atoms with van der Waals surface area (Å²) < 4.78 is 0. The average Bonchev–Trinajstić information content (AvgIpc) is 2.19. The van der Waals surface area contributed by atoms with Crippen LogP contribution in [0.15, 0.2) is 18.5 Å². The van der Waals surface area contributed by atoms with Crippen LogP contribution in [0.3, 0.4) is 0 Å². The van der Waals surface area contributed by atoms with E-state index in [9.17, 15) is 0 Å². The summed E-state index contributed by atoms with van der Waals surface area (Å²) >= 11 is 1.78. The molecule has 1 heterocycles. The molecule has 0 bridgehead atoms. The van der Waals surface area contributed by atoms with Crippen molar-refractivity contribution in [1.82, 2.24) is 4.98 Å². The fourth-order valence-corrected chi connectivity index (χ4v) is 1.75. The first-order valence-corrected chi connectivity index (χ1v) is 5.77. The van der Waals surface area contributed by atoms with Gasteiger partial charge in [-0.25, -0.2) is 0 Å². The third-order valence-corrected chi connectivity index (χ3v) is 2.59. The van der Waals surface area contributed by atoms with Crippen molar-refractivity contribution in [2.75, 3.05) is 17.3 Å².